The van der Waals surface area contributed by atoms with Gasteiger partial charge in [0.05, 0.1) is 32.0 Å². The summed E-state index contributed by atoms with van der Waals surface area (Å²) in [6, 6.07) is 6.51. The van der Waals surface area contributed by atoms with Crippen molar-refractivity contribution in [3.63, 3.8) is 0 Å². The third-order valence-corrected chi connectivity index (χ3v) is 3.60. The van der Waals surface area contributed by atoms with Crippen LogP contribution in [0.4, 0.5) is 0 Å². The zero-order valence-electron chi connectivity index (χ0n) is 10.8. The molecule has 4 heteroatoms. The van der Waals surface area contributed by atoms with Crippen LogP contribution < -0.4 is 4.74 Å². The summed E-state index contributed by atoms with van der Waals surface area (Å²) in [5.41, 5.74) is 2.60. The van der Waals surface area contributed by atoms with E-state index >= 15 is 0 Å². The molecule has 0 bridgehead atoms. The summed E-state index contributed by atoms with van der Waals surface area (Å²) in [5.74, 6) is 0.948. The van der Waals surface area contributed by atoms with Gasteiger partial charge in [0, 0.05) is 12.8 Å². The first-order chi connectivity index (χ1) is 9.35. The molecule has 4 rings (SSSR count). The van der Waals surface area contributed by atoms with Gasteiger partial charge in [0.1, 0.15) is 18.5 Å². The molecule has 0 N–H and O–H groups in total. The molecule has 0 aromatic heterocycles. The second-order valence-electron chi connectivity index (χ2n) is 5.57. The standard InChI is InChI=1S/C15H18O4/c1-10(4-13-6-17-13)2-12(16-8-15-9-19-15)3-11(1)5-14-7-18-14/h1-3,13-15H,4-9H2. The van der Waals surface area contributed by atoms with Gasteiger partial charge >= 0.3 is 0 Å². The topological polar surface area (TPSA) is 46.8 Å². The normalized spacial score (nSPS) is 31.1. The van der Waals surface area contributed by atoms with Gasteiger partial charge in [-0.15, -0.1) is 0 Å². The predicted molar refractivity (Wildman–Crippen MR) is 68.6 cm³/mol. The van der Waals surface area contributed by atoms with Crippen molar-refractivity contribution in [1.82, 2.24) is 0 Å². The summed E-state index contributed by atoms with van der Waals surface area (Å²) in [7, 11) is 0. The van der Waals surface area contributed by atoms with Crippen molar-refractivity contribution >= 4 is 0 Å². The average Bonchev–Trinajstić information content (AvgIpc) is 3.23. The first-order valence-electron chi connectivity index (χ1n) is 6.95. The van der Waals surface area contributed by atoms with Crippen molar-refractivity contribution in [1.29, 1.82) is 0 Å². The molecule has 1 aromatic rings. The van der Waals surface area contributed by atoms with E-state index < -0.39 is 0 Å². The summed E-state index contributed by atoms with van der Waals surface area (Å²) in [6.45, 7) is 3.27. The summed E-state index contributed by atoms with van der Waals surface area (Å²) in [4.78, 5) is 0. The van der Waals surface area contributed by atoms with Crippen LogP contribution in [0.5, 0.6) is 5.75 Å². The van der Waals surface area contributed by atoms with Crippen LogP contribution in [0.3, 0.4) is 0 Å². The molecule has 19 heavy (non-hydrogen) atoms. The van der Waals surface area contributed by atoms with E-state index in [9.17, 15) is 0 Å². The Hall–Kier alpha value is -1.10. The van der Waals surface area contributed by atoms with Gasteiger partial charge in [-0.3, -0.25) is 0 Å². The molecule has 0 radical (unpaired) electrons. The maximum absolute atomic E-state index is 5.81. The third kappa shape index (κ3) is 3.47. The Balaban J connectivity index is 1.48. The minimum absolute atomic E-state index is 0.297. The van der Waals surface area contributed by atoms with Crippen molar-refractivity contribution in [2.75, 3.05) is 26.4 Å². The fraction of sp³-hybridized carbons (Fsp3) is 0.600. The molecule has 3 atom stereocenters. The van der Waals surface area contributed by atoms with Gasteiger partial charge in [0.2, 0.25) is 0 Å². The molecular formula is C15H18O4. The Morgan fingerprint density at radius 1 is 0.842 bits per heavy atom. The van der Waals surface area contributed by atoms with Crippen LogP contribution in [0.2, 0.25) is 0 Å². The molecule has 4 nitrogen and oxygen atoms in total. The Morgan fingerprint density at radius 2 is 1.37 bits per heavy atom. The molecule has 0 amide bonds. The van der Waals surface area contributed by atoms with E-state index in [0.29, 0.717) is 24.9 Å². The smallest absolute Gasteiger partial charge is 0.119 e. The van der Waals surface area contributed by atoms with Gasteiger partial charge in [-0.25, -0.2) is 0 Å². The highest BCUT2D eigenvalue weighted by molar-refractivity contribution is 5.36. The SMILES string of the molecule is c1c(CC2CO2)cc(OCC2CO2)cc1CC1CO1. The van der Waals surface area contributed by atoms with Crippen LogP contribution in [0.25, 0.3) is 0 Å². The van der Waals surface area contributed by atoms with Crippen molar-refractivity contribution in [2.24, 2.45) is 0 Å². The summed E-state index contributed by atoms with van der Waals surface area (Å²) < 4.78 is 21.6. The van der Waals surface area contributed by atoms with Gasteiger partial charge in [-0.05, 0) is 23.3 Å². The van der Waals surface area contributed by atoms with Crippen LogP contribution in [0.1, 0.15) is 11.1 Å². The maximum atomic E-state index is 5.81. The second-order valence-corrected chi connectivity index (χ2v) is 5.57. The monoisotopic (exact) mass is 262 g/mol. The lowest BCUT2D eigenvalue weighted by molar-refractivity contribution is 0.262. The molecule has 3 fully saturated rings. The highest BCUT2D eigenvalue weighted by atomic mass is 16.6. The minimum atomic E-state index is 0.297. The number of benzene rings is 1. The second kappa shape index (κ2) is 4.78. The van der Waals surface area contributed by atoms with E-state index in [-0.39, 0.29) is 0 Å². The summed E-state index contributed by atoms with van der Waals surface area (Å²) >= 11 is 0. The molecule has 3 saturated heterocycles. The van der Waals surface area contributed by atoms with E-state index in [1.54, 1.807) is 0 Å². The first-order valence-corrected chi connectivity index (χ1v) is 6.95. The minimum Gasteiger partial charge on any atom is -0.491 e. The average molecular weight is 262 g/mol. The van der Waals surface area contributed by atoms with E-state index in [2.05, 4.69) is 18.2 Å². The summed E-state index contributed by atoms with van der Waals surface area (Å²) in [5, 5.41) is 0. The highest BCUT2D eigenvalue weighted by Crippen LogP contribution is 2.26. The molecule has 1 aromatic carbocycles. The Labute approximate surface area is 112 Å². The van der Waals surface area contributed by atoms with E-state index in [4.69, 9.17) is 18.9 Å². The predicted octanol–water partition coefficient (Wildman–Crippen LogP) is 1.35. The molecule has 3 aliphatic heterocycles. The van der Waals surface area contributed by atoms with Crippen molar-refractivity contribution in [3.05, 3.63) is 29.3 Å². The molecule has 3 heterocycles. The van der Waals surface area contributed by atoms with Crippen molar-refractivity contribution in [3.8, 4) is 5.75 Å². The Morgan fingerprint density at radius 3 is 1.84 bits per heavy atom. The molecule has 0 spiro atoms. The Kier molecular flexibility index (Phi) is 2.94. The fourth-order valence-corrected chi connectivity index (χ4v) is 2.30. The van der Waals surface area contributed by atoms with Gasteiger partial charge in [-0.2, -0.15) is 0 Å². The fourth-order valence-electron chi connectivity index (χ4n) is 2.30. The van der Waals surface area contributed by atoms with Gasteiger partial charge in [0.25, 0.3) is 0 Å². The lowest BCUT2D eigenvalue weighted by atomic mass is 10.0. The van der Waals surface area contributed by atoms with Crippen molar-refractivity contribution in [2.45, 2.75) is 31.2 Å². The molecule has 0 aliphatic carbocycles. The van der Waals surface area contributed by atoms with Crippen molar-refractivity contribution < 1.29 is 18.9 Å². The lowest BCUT2D eigenvalue weighted by Crippen LogP contribution is -2.06. The number of rotatable bonds is 7. The van der Waals surface area contributed by atoms with Gasteiger partial charge in [-0.1, -0.05) is 6.07 Å². The first kappa shape index (κ1) is 11.7. The van der Waals surface area contributed by atoms with Crippen LogP contribution >= 0.6 is 0 Å². The van der Waals surface area contributed by atoms with Crippen LogP contribution in [0.15, 0.2) is 18.2 Å². The molecular weight excluding hydrogens is 244 g/mol. The maximum Gasteiger partial charge on any atom is 0.119 e. The quantitative estimate of drug-likeness (QED) is 0.696. The van der Waals surface area contributed by atoms with Crippen LogP contribution in [0, 0.1) is 0 Å². The van der Waals surface area contributed by atoms with Crippen LogP contribution in [-0.4, -0.2) is 44.7 Å². The highest BCUT2D eigenvalue weighted by Gasteiger charge is 2.26. The largest absolute Gasteiger partial charge is 0.491 e. The van der Waals surface area contributed by atoms with Crippen LogP contribution in [-0.2, 0) is 27.1 Å². The molecule has 3 unspecified atom stereocenters. The molecule has 3 aliphatic rings. The van der Waals surface area contributed by atoms with Gasteiger partial charge < -0.3 is 18.9 Å². The van der Waals surface area contributed by atoms with E-state index in [1.807, 2.05) is 0 Å². The molecule has 102 valence electrons. The zero-order valence-corrected chi connectivity index (χ0v) is 10.8. The number of ether oxygens (including phenoxy) is 4. The number of hydrogen-bond donors (Lipinski definition) is 0. The van der Waals surface area contributed by atoms with E-state index in [0.717, 1.165) is 38.4 Å². The lowest BCUT2D eigenvalue weighted by Gasteiger charge is -2.10. The number of epoxide rings is 3. The Bertz CT molecular complexity index is 429. The summed E-state index contributed by atoms with van der Waals surface area (Å²) in [6.07, 6.45) is 3.08. The molecule has 0 saturated carbocycles. The van der Waals surface area contributed by atoms with Gasteiger partial charge in [0.15, 0.2) is 0 Å². The zero-order chi connectivity index (χ0) is 12.7. The third-order valence-electron chi connectivity index (χ3n) is 3.60. The number of hydrogen-bond acceptors (Lipinski definition) is 4. The van der Waals surface area contributed by atoms with E-state index in [1.165, 1.54) is 11.1 Å².